The number of aliphatic carboxylic acids is 1. The quantitative estimate of drug-likeness (QED) is 0.345. The van der Waals surface area contributed by atoms with Gasteiger partial charge in [-0.05, 0) is 55.1 Å². The van der Waals surface area contributed by atoms with E-state index in [2.05, 4.69) is 4.98 Å². The molecule has 1 aliphatic rings. The summed E-state index contributed by atoms with van der Waals surface area (Å²) in [5, 5.41) is 9.49. The van der Waals surface area contributed by atoms with Crippen molar-refractivity contribution < 1.29 is 27.8 Å². The lowest BCUT2D eigenvalue weighted by Crippen LogP contribution is -2.35. The lowest BCUT2D eigenvalue weighted by Gasteiger charge is -2.22. The predicted molar refractivity (Wildman–Crippen MR) is 127 cm³/mol. The molecule has 0 unspecified atom stereocenters. The van der Waals surface area contributed by atoms with Crippen LogP contribution in [0.25, 0.3) is 33.7 Å². The molecule has 35 heavy (non-hydrogen) atoms. The number of carboxylic acid groups (broad SMARTS) is 1. The maximum Gasteiger partial charge on any atom is 0.387 e. The average Bonchev–Trinajstić information content (AvgIpc) is 3.46. The first kappa shape index (κ1) is 23.0. The third kappa shape index (κ3) is 4.61. The summed E-state index contributed by atoms with van der Waals surface area (Å²) >= 11 is 0. The number of rotatable bonds is 7. The van der Waals surface area contributed by atoms with E-state index in [-0.39, 0.29) is 12.3 Å². The predicted octanol–water partition coefficient (Wildman–Crippen LogP) is 6.12. The molecule has 1 saturated heterocycles. The number of ether oxygens (including phenoxy) is 1. The van der Waals surface area contributed by atoms with E-state index in [0.717, 1.165) is 28.7 Å². The zero-order valence-electron chi connectivity index (χ0n) is 19.1. The Hall–Kier alpha value is -3.78. The van der Waals surface area contributed by atoms with Crippen LogP contribution in [0, 0.1) is 6.92 Å². The Morgan fingerprint density at radius 1 is 1.17 bits per heavy atom. The van der Waals surface area contributed by atoms with Gasteiger partial charge in [-0.15, -0.1) is 0 Å². The molecule has 1 N–H and O–H groups in total. The van der Waals surface area contributed by atoms with Crippen LogP contribution in [0.5, 0.6) is 5.75 Å². The number of carbonyl (C=O) groups is 1. The van der Waals surface area contributed by atoms with Gasteiger partial charge in [-0.25, -0.2) is 4.98 Å². The van der Waals surface area contributed by atoms with Gasteiger partial charge < -0.3 is 14.3 Å². The number of hydrogen-bond acceptors (Lipinski definition) is 5. The van der Waals surface area contributed by atoms with Crippen LogP contribution in [0.3, 0.4) is 0 Å². The van der Waals surface area contributed by atoms with Gasteiger partial charge in [-0.3, -0.25) is 9.69 Å². The first-order valence-electron chi connectivity index (χ1n) is 11.4. The monoisotopic (exact) mass is 478 g/mol. The van der Waals surface area contributed by atoms with Crippen LogP contribution in [0.4, 0.5) is 8.78 Å². The molecule has 6 nitrogen and oxygen atoms in total. The molecule has 4 aromatic rings. The van der Waals surface area contributed by atoms with Crippen molar-refractivity contribution in [3.05, 3.63) is 71.8 Å². The van der Waals surface area contributed by atoms with Gasteiger partial charge in [-0.2, -0.15) is 8.78 Å². The summed E-state index contributed by atoms with van der Waals surface area (Å²) in [6.07, 6.45) is 1.25. The van der Waals surface area contributed by atoms with Crippen LogP contribution in [0.15, 0.2) is 65.1 Å². The van der Waals surface area contributed by atoms with E-state index in [1.165, 1.54) is 6.07 Å². The SMILES string of the molecule is Cc1c(-c2ccccc2)cccc1-c1nc2cc(CN3CCC[C@@H]3C(=O)O)c(OC(F)F)cc2o1. The lowest BCUT2D eigenvalue weighted by atomic mass is 9.96. The van der Waals surface area contributed by atoms with E-state index in [1.807, 2.05) is 55.5 Å². The summed E-state index contributed by atoms with van der Waals surface area (Å²) in [6.45, 7) is -0.298. The van der Waals surface area contributed by atoms with Gasteiger partial charge in [0.2, 0.25) is 5.89 Å². The fourth-order valence-corrected chi connectivity index (χ4v) is 4.75. The van der Waals surface area contributed by atoms with Crippen LogP contribution in [-0.4, -0.2) is 40.2 Å². The fraction of sp³-hybridized carbons (Fsp3) is 0.259. The number of hydrogen-bond donors (Lipinski definition) is 1. The molecule has 2 heterocycles. The number of fused-ring (bicyclic) bond motifs is 1. The van der Waals surface area contributed by atoms with Crippen molar-refractivity contribution >= 4 is 17.1 Å². The average molecular weight is 478 g/mol. The molecule has 0 saturated carbocycles. The van der Waals surface area contributed by atoms with Crippen molar-refractivity contribution in [2.45, 2.75) is 39.0 Å². The van der Waals surface area contributed by atoms with Gasteiger partial charge in [0, 0.05) is 23.7 Å². The van der Waals surface area contributed by atoms with E-state index in [4.69, 9.17) is 9.15 Å². The third-order valence-electron chi connectivity index (χ3n) is 6.46. The fourth-order valence-electron chi connectivity index (χ4n) is 4.75. The lowest BCUT2D eigenvalue weighted by molar-refractivity contribution is -0.142. The summed E-state index contributed by atoms with van der Waals surface area (Å²) < 4.78 is 37.1. The highest BCUT2D eigenvalue weighted by molar-refractivity contribution is 5.82. The molecule has 1 aromatic heterocycles. The van der Waals surface area contributed by atoms with E-state index in [9.17, 15) is 18.7 Å². The van der Waals surface area contributed by atoms with Crippen molar-refractivity contribution in [1.29, 1.82) is 0 Å². The topological polar surface area (TPSA) is 75.8 Å². The van der Waals surface area contributed by atoms with Crippen LogP contribution in [-0.2, 0) is 11.3 Å². The number of benzene rings is 3. The second-order valence-corrected chi connectivity index (χ2v) is 8.64. The van der Waals surface area contributed by atoms with Gasteiger partial charge in [0.15, 0.2) is 5.58 Å². The minimum atomic E-state index is -3.02. The smallest absolute Gasteiger partial charge is 0.387 e. The van der Waals surface area contributed by atoms with Crippen LogP contribution in [0.2, 0.25) is 0 Å². The van der Waals surface area contributed by atoms with Gasteiger partial charge in [-0.1, -0.05) is 42.5 Å². The number of oxazole rings is 1. The number of aromatic nitrogens is 1. The van der Waals surface area contributed by atoms with Crippen molar-refractivity contribution in [3.8, 4) is 28.3 Å². The third-order valence-corrected chi connectivity index (χ3v) is 6.46. The zero-order valence-corrected chi connectivity index (χ0v) is 19.1. The zero-order chi connectivity index (χ0) is 24.5. The Morgan fingerprint density at radius 3 is 2.69 bits per heavy atom. The summed E-state index contributed by atoms with van der Waals surface area (Å²) in [7, 11) is 0. The minimum absolute atomic E-state index is 0.0407. The second kappa shape index (κ2) is 9.46. The summed E-state index contributed by atoms with van der Waals surface area (Å²) in [4.78, 5) is 18.0. The first-order chi connectivity index (χ1) is 16.9. The molecule has 1 aliphatic heterocycles. The number of alkyl halides is 2. The van der Waals surface area contributed by atoms with Crippen LogP contribution in [0.1, 0.15) is 24.0 Å². The molecule has 1 fully saturated rings. The number of carboxylic acids is 1. The molecule has 0 radical (unpaired) electrons. The molecule has 3 aromatic carbocycles. The Bertz CT molecular complexity index is 1370. The maximum atomic E-state index is 13.2. The Kier molecular flexibility index (Phi) is 6.21. The van der Waals surface area contributed by atoms with Crippen molar-refractivity contribution in [2.24, 2.45) is 0 Å². The van der Waals surface area contributed by atoms with E-state index >= 15 is 0 Å². The Labute approximate surface area is 200 Å². The molecule has 0 spiro atoms. The highest BCUT2D eigenvalue weighted by atomic mass is 19.3. The second-order valence-electron chi connectivity index (χ2n) is 8.64. The molecule has 180 valence electrons. The first-order valence-corrected chi connectivity index (χ1v) is 11.4. The molecular weight excluding hydrogens is 454 g/mol. The number of halogens is 2. The highest BCUT2D eigenvalue weighted by Gasteiger charge is 2.31. The van der Waals surface area contributed by atoms with Crippen LogP contribution >= 0.6 is 0 Å². The summed E-state index contributed by atoms with van der Waals surface area (Å²) in [6, 6.07) is 18.2. The van der Waals surface area contributed by atoms with Crippen molar-refractivity contribution in [3.63, 3.8) is 0 Å². The van der Waals surface area contributed by atoms with Gasteiger partial charge in [0.25, 0.3) is 0 Å². The van der Waals surface area contributed by atoms with Gasteiger partial charge in [0.1, 0.15) is 17.3 Å². The number of nitrogens with zero attached hydrogens (tertiary/aromatic N) is 2. The molecule has 8 heteroatoms. The molecule has 1 atom stereocenters. The molecule has 5 rings (SSSR count). The molecule has 0 aliphatic carbocycles. The molecule has 0 amide bonds. The normalized spacial score (nSPS) is 16.3. The van der Waals surface area contributed by atoms with Gasteiger partial charge in [0.05, 0.1) is 0 Å². The van der Waals surface area contributed by atoms with E-state index in [0.29, 0.717) is 35.5 Å². The minimum Gasteiger partial charge on any atom is -0.480 e. The summed E-state index contributed by atoms with van der Waals surface area (Å²) in [5.41, 5.74) is 5.15. The van der Waals surface area contributed by atoms with E-state index in [1.54, 1.807) is 11.0 Å². The molecular formula is C27H24F2N2O4. The Morgan fingerprint density at radius 2 is 1.94 bits per heavy atom. The Balaban J connectivity index is 1.55. The van der Waals surface area contributed by atoms with Crippen molar-refractivity contribution in [2.75, 3.05) is 6.54 Å². The summed E-state index contributed by atoms with van der Waals surface area (Å²) in [5.74, 6) is -0.585. The highest BCUT2D eigenvalue weighted by Crippen LogP contribution is 2.36. The number of likely N-dealkylation sites (tertiary alicyclic amines) is 1. The maximum absolute atomic E-state index is 13.2. The van der Waals surface area contributed by atoms with Crippen molar-refractivity contribution in [1.82, 2.24) is 9.88 Å². The largest absolute Gasteiger partial charge is 0.480 e. The van der Waals surface area contributed by atoms with Gasteiger partial charge >= 0.3 is 12.6 Å². The molecule has 0 bridgehead atoms. The standard InChI is InChI=1S/C27H24F2N2O4/c1-16-19(17-7-3-2-4-8-17)9-5-10-20(16)25-30-21-13-18(15-31-12-6-11-22(31)26(32)33)23(35-27(28)29)14-24(21)34-25/h2-5,7-10,13-14,22,27H,6,11-12,15H2,1H3,(H,32,33)/t22-/m1/s1. The van der Waals surface area contributed by atoms with Crippen LogP contribution < -0.4 is 4.74 Å². The van der Waals surface area contributed by atoms with E-state index < -0.39 is 18.6 Å².